The number of benzene rings is 1. The molecule has 0 saturated heterocycles. The number of carbonyl (C=O) groups is 1. The van der Waals surface area contributed by atoms with E-state index in [0.717, 1.165) is 0 Å². The molecule has 18 heavy (non-hydrogen) atoms. The molecule has 94 valence electrons. The lowest BCUT2D eigenvalue weighted by Crippen LogP contribution is -2.11. The fourth-order valence-corrected chi connectivity index (χ4v) is 1.65. The summed E-state index contributed by atoms with van der Waals surface area (Å²) in [5.41, 5.74) is 6.20. The van der Waals surface area contributed by atoms with Crippen molar-refractivity contribution in [2.24, 2.45) is 5.73 Å². The molecule has 0 aliphatic rings. The van der Waals surface area contributed by atoms with Gasteiger partial charge in [0.15, 0.2) is 5.76 Å². The number of furan rings is 1. The van der Waals surface area contributed by atoms with Crippen molar-refractivity contribution in [3.8, 4) is 0 Å². The first-order valence-corrected chi connectivity index (χ1v) is 5.87. The minimum absolute atomic E-state index is 0.210. The molecule has 0 fully saturated rings. The van der Waals surface area contributed by atoms with Crippen molar-refractivity contribution >= 4 is 23.2 Å². The molecule has 5 heteroatoms. The van der Waals surface area contributed by atoms with Crippen molar-refractivity contribution < 1.29 is 9.21 Å². The second-order valence-corrected chi connectivity index (χ2v) is 4.33. The van der Waals surface area contributed by atoms with Gasteiger partial charge in [-0.3, -0.25) is 4.79 Å². The lowest BCUT2D eigenvalue weighted by Gasteiger charge is -2.05. The Bertz CT molecular complexity index is 564. The lowest BCUT2D eigenvalue weighted by molar-refractivity contribution is 0.0994. The molecule has 3 N–H and O–H groups in total. The van der Waals surface area contributed by atoms with Gasteiger partial charge < -0.3 is 15.5 Å². The number of amides is 1. The highest BCUT2D eigenvalue weighted by Crippen LogP contribution is 2.22. The van der Waals surface area contributed by atoms with Crippen molar-refractivity contribution in [1.82, 2.24) is 0 Å². The molecule has 0 saturated carbocycles. The Labute approximate surface area is 110 Å². The molecule has 0 radical (unpaired) electrons. The van der Waals surface area contributed by atoms with E-state index in [1.807, 2.05) is 0 Å². The third kappa shape index (κ3) is 2.72. The van der Waals surface area contributed by atoms with Crippen LogP contribution in [-0.2, 0) is 0 Å². The van der Waals surface area contributed by atoms with Crippen LogP contribution >= 0.6 is 11.6 Å². The summed E-state index contributed by atoms with van der Waals surface area (Å²) in [6.45, 7) is 1.79. The summed E-state index contributed by atoms with van der Waals surface area (Å²) < 4.78 is 5.34. The Morgan fingerprint density at radius 2 is 2.06 bits per heavy atom. The van der Waals surface area contributed by atoms with Crippen LogP contribution in [0.5, 0.6) is 0 Å². The first-order chi connectivity index (χ1) is 8.58. The van der Waals surface area contributed by atoms with E-state index >= 15 is 0 Å². The van der Waals surface area contributed by atoms with Gasteiger partial charge in [-0.1, -0.05) is 23.7 Å². The average Bonchev–Trinajstić information content (AvgIpc) is 2.81. The van der Waals surface area contributed by atoms with Crippen LogP contribution in [0.4, 0.5) is 5.69 Å². The Hall–Kier alpha value is -1.78. The standard InChI is InChI=1S/C13H13ClN2O2/c1-8(15)11-6-7-12(18-11)13(17)16-10-5-3-2-4-9(10)14/h2-8H,15H2,1H3,(H,16,17). The number of carbonyl (C=O) groups excluding carboxylic acids is 1. The van der Waals surface area contributed by atoms with Crippen LogP contribution in [0.25, 0.3) is 0 Å². The average molecular weight is 265 g/mol. The number of para-hydroxylation sites is 1. The highest BCUT2D eigenvalue weighted by Gasteiger charge is 2.14. The van der Waals surface area contributed by atoms with Gasteiger partial charge in [-0.2, -0.15) is 0 Å². The SMILES string of the molecule is CC(N)c1ccc(C(=O)Nc2ccccc2Cl)o1. The molecule has 1 amide bonds. The Balaban J connectivity index is 2.15. The molecular weight excluding hydrogens is 252 g/mol. The maximum atomic E-state index is 11.9. The van der Waals surface area contributed by atoms with E-state index in [9.17, 15) is 4.79 Å². The summed E-state index contributed by atoms with van der Waals surface area (Å²) in [7, 11) is 0. The number of nitrogens with two attached hydrogens (primary N) is 1. The van der Waals surface area contributed by atoms with E-state index in [4.69, 9.17) is 21.8 Å². The molecule has 2 rings (SSSR count). The summed E-state index contributed by atoms with van der Waals surface area (Å²) >= 11 is 5.95. The van der Waals surface area contributed by atoms with Crippen LogP contribution in [0.2, 0.25) is 5.02 Å². The van der Waals surface area contributed by atoms with Gasteiger partial charge in [0.1, 0.15) is 5.76 Å². The van der Waals surface area contributed by atoms with Crippen LogP contribution in [-0.4, -0.2) is 5.91 Å². The summed E-state index contributed by atoms with van der Waals surface area (Å²) in [4.78, 5) is 11.9. The number of nitrogens with one attached hydrogen (secondary N) is 1. The monoisotopic (exact) mass is 264 g/mol. The number of hydrogen-bond acceptors (Lipinski definition) is 3. The molecule has 1 atom stereocenters. The minimum atomic E-state index is -0.352. The zero-order valence-electron chi connectivity index (χ0n) is 9.81. The molecule has 2 aromatic rings. The second kappa shape index (κ2) is 5.25. The highest BCUT2D eigenvalue weighted by atomic mass is 35.5. The summed E-state index contributed by atoms with van der Waals surface area (Å²) in [5, 5.41) is 3.15. The van der Waals surface area contributed by atoms with Gasteiger partial charge in [-0.05, 0) is 31.2 Å². The number of anilines is 1. The van der Waals surface area contributed by atoms with Crippen molar-refractivity contribution in [3.63, 3.8) is 0 Å². The first-order valence-electron chi connectivity index (χ1n) is 5.49. The fourth-order valence-electron chi connectivity index (χ4n) is 1.47. The molecule has 1 heterocycles. The van der Waals surface area contributed by atoms with E-state index < -0.39 is 0 Å². The van der Waals surface area contributed by atoms with Gasteiger partial charge in [0.05, 0.1) is 16.8 Å². The number of rotatable bonds is 3. The molecule has 0 aliphatic carbocycles. The van der Waals surface area contributed by atoms with Gasteiger partial charge in [0, 0.05) is 0 Å². The maximum Gasteiger partial charge on any atom is 0.291 e. The first kappa shape index (κ1) is 12.7. The Morgan fingerprint density at radius 3 is 2.67 bits per heavy atom. The second-order valence-electron chi connectivity index (χ2n) is 3.92. The largest absolute Gasteiger partial charge is 0.454 e. The third-order valence-corrected chi connectivity index (χ3v) is 2.75. The van der Waals surface area contributed by atoms with Crippen molar-refractivity contribution in [2.75, 3.05) is 5.32 Å². The van der Waals surface area contributed by atoms with Crippen molar-refractivity contribution in [1.29, 1.82) is 0 Å². The fraction of sp³-hybridized carbons (Fsp3) is 0.154. The number of hydrogen-bond donors (Lipinski definition) is 2. The zero-order chi connectivity index (χ0) is 13.1. The van der Waals surface area contributed by atoms with Crippen LogP contribution in [0.3, 0.4) is 0 Å². The zero-order valence-corrected chi connectivity index (χ0v) is 10.6. The molecule has 1 aromatic heterocycles. The normalized spacial score (nSPS) is 12.2. The molecule has 4 nitrogen and oxygen atoms in total. The third-order valence-electron chi connectivity index (χ3n) is 2.42. The van der Waals surface area contributed by atoms with Crippen LogP contribution in [0, 0.1) is 0 Å². The topological polar surface area (TPSA) is 68.3 Å². The van der Waals surface area contributed by atoms with E-state index in [1.165, 1.54) is 0 Å². The van der Waals surface area contributed by atoms with Crippen LogP contribution in [0.15, 0.2) is 40.8 Å². The molecular formula is C13H13ClN2O2. The van der Waals surface area contributed by atoms with Gasteiger partial charge >= 0.3 is 0 Å². The molecule has 1 aromatic carbocycles. The van der Waals surface area contributed by atoms with Gasteiger partial charge in [-0.15, -0.1) is 0 Å². The maximum absolute atomic E-state index is 11.9. The summed E-state index contributed by atoms with van der Waals surface area (Å²) in [6, 6.07) is 10.0. The van der Waals surface area contributed by atoms with Crippen molar-refractivity contribution in [2.45, 2.75) is 13.0 Å². The van der Waals surface area contributed by atoms with Crippen molar-refractivity contribution in [3.05, 3.63) is 52.9 Å². The Kier molecular flexibility index (Phi) is 3.69. The van der Waals surface area contributed by atoms with E-state index in [2.05, 4.69) is 5.32 Å². The number of halogens is 1. The predicted molar refractivity (Wildman–Crippen MR) is 70.7 cm³/mol. The Morgan fingerprint density at radius 1 is 1.33 bits per heavy atom. The van der Waals surface area contributed by atoms with Gasteiger partial charge in [0.2, 0.25) is 0 Å². The van der Waals surface area contributed by atoms with Gasteiger partial charge in [-0.25, -0.2) is 0 Å². The molecule has 0 spiro atoms. The van der Waals surface area contributed by atoms with E-state index in [1.54, 1.807) is 43.3 Å². The lowest BCUT2D eigenvalue weighted by atomic mass is 10.3. The van der Waals surface area contributed by atoms with E-state index in [0.29, 0.717) is 16.5 Å². The molecule has 0 aliphatic heterocycles. The van der Waals surface area contributed by atoms with Crippen LogP contribution < -0.4 is 11.1 Å². The molecule has 0 bridgehead atoms. The predicted octanol–water partition coefficient (Wildman–Crippen LogP) is 3.21. The smallest absolute Gasteiger partial charge is 0.291 e. The van der Waals surface area contributed by atoms with E-state index in [-0.39, 0.29) is 17.7 Å². The summed E-state index contributed by atoms with van der Waals surface area (Å²) in [5.74, 6) is 0.427. The summed E-state index contributed by atoms with van der Waals surface area (Å²) in [6.07, 6.45) is 0. The highest BCUT2D eigenvalue weighted by molar-refractivity contribution is 6.33. The quantitative estimate of drug-likeness (QED) is 0.894. The van der Waals surface area contributed by atoms with Crippen LogP contribution in [0.1, 0.15) is 29.3 Å². The van der Waals surface area contributed by atoms with Gasteiger partial charge in [0.25, 0.3) is 5.91 Å². The minimum Gasteiger partial charge on any atom is -0.454 e. The molecule has 1 unspecified atom stereocenters.